The van der Waals surface area contributed by atoms with Gasteiger partial charge in [-0.25, -0.2) is 4.79 Å². The van der Waals surface area contributed by atoms with E-state index in [1.165, 1.54) is 11.3 Å². The molecule has 0 spiro atoms. The van der Waals surface area contributed by atoms with E-state index in [0.717, 1.165) is 11.3 Å². The summed E-state index contributed by atoms with van der Waals surface area (Å²) in [6.45, 7) is 4.06. The maximum Gasteiger partial charge on any atom is 0.341 e. The van der Waals surface area contributed by atoms with Crippen molar-refractivity contribution in [3.05, 3.63) is 40.5 Å². The van der Waals surface area contributed by atoms with Gasteiger partial charge >= 0.3 is 5.97 Å². The van der Waals surface area contributed by atoms with Crippen LogP contribution in [-0.2, 0) is 11.2 Å². The molecule has 2 aromatic heterocycles. The number of carbonyl (C=O) groups excluding carboxylic acids is 2. The molecule has 0 aliphatic rings. The number of aromatic nitrogens is 1. The summed E-state index contributed by atoms with van der Waals surface area (Å²) in [5.41, 5.74) is 0.861. The molecule has 1 amide bonds. The third-order valence-electron chi connectivity index (χ3n) is 2.70. The Labute approximate surface area is 121 Å². The highest BCUT2D eigenvalue weighted by Gasteiger charge is 2.19. The van der Waals surface area contributed by atoms with Crippen LogP contribution in [0.25, 0.3) is 0 Å². The standard InChI is InChI=1S/C14H16N2O3S/c1-3-9-8-10(14(18)19-4-2)13(20-9)16-12(17)11-6-5-7-15-11/h5-8,15H,3-4H2,1-2H3,(H,16,17). The molecule has 0 radical (unpaired) electrons. The van der Waals surface area contributed by atoms with Crippen molar-refractivity contribution < 1.29 is 14.3 Å². The number of rotatable bonds is 5. The monoisotopic (exact) mass is 292 g/mol. The van der Waals surface area contributed by atoms with Crippen molar-refractivity contribution in [1.82, 2.24) is 4.98 Å². The number of hydrogen-bond acceptors (Lipinski definition) is 4. The zero-order valence-corrected chi connectivity index (χ0v) is 12.2. The highest BCUT2D eigenvalue weighted by atomic mass is 32.1. The molecule has 0 unspecified atom stereocenters. The molecule has 0 saturated heterocycles. The fourth-order valence-electron chi connectivity index (χ4n) is 1.71. The van der Waals surface area contributed by atoms with Gasteiger partial charge in [0, 0.05) is 11.1 Å². The normalized spacial score (nSPS) is 10.3. The molecule has 2 heterocycles. The number of esters is 1. The molecule has 20 heavy (non-hydrogen) atoms. The van der Waals surface area contributed by atoms with Gasteiger partial charge in [0.1, 0.15) is 10.7 Å². The Kier molecular flexibility index (Phi) is 4.57. The fraction of sp³-hybridized carbons (Fsp3) is 0.286. The number of amides is 1. The molecule has 0 bridgehead atoms. The second-order valence-electron chi connectivity index (χ2n) is 4.07. The Bertz CT molecular complexity index is 602. The molecular weight excluding hydrogens is 276 g/mol. The van der Waals surface area contributed by atoms with Crippen LogP contribution in [0.1, 0.15) is 39.6 Å². The maximum absolute atomic E-state index is 12.0. The zero-order valence-electron chi connectivity index (χ0n) is 11.4. The SMILES string of the molecule is CCOC(=O)c1cc(CC)sc1NC(=O)c1ccc[nH]1. The summed E-state index contributed by atoms with van der Waals surface area (Å²) in [7, 11) is 0. The van der Waals surface area contributed by atoms with Crippen molar-refractivity contribution in [2.45, 2.75) is 20.3 Å². The van der Waals surface area contributed by atoms with Gasteiger partial charge in [0.15, 0.2) is 0 Å². The Morgan fingerprint density at radius 2 is 2.20 bits per heavy atom. The first-order valence-corrected chi connectivity index (χ1v) is 7.21. The van der Waals surface area contributed by atoms with Gasteiger partial charge in [0.05, 0.1) is 12.2 Å². The van der Waals surface area contributed by atoms with Crippen molar-refractivity contribution in [2.24, 2.45) is 0 Å². The van der Waals surface area contributed by atoms with E-state index in [2.05, 4.69) is 10.3 Å². The highest BCUT2D eigenvalue weighted by molar-refractivity contribution is 7.16. The van der Waals surface area contributed by atoms with Crippen LogP contribution in [0.15, 0.2) is 24.4 Å². The summed E-state index contributed by atoms with van der Waals surface area (Å²) in [6, 6.07) is 5.19. The molecule has 0 saturated carbocycles. The topological polar surface area (TPSA) is 71.2 Å². The van der Waals surface area contributed by atoms with Crippen LogP contribution in [0, 0.1) is 0 Å². The van der Waals surface area contributed by atoms with Crippen LogP contribution < -0.4 is 5.32 Å². The first kappa shape index (κ1) is 14.3. The fourth-order valence-corrected chi connectivity index (χ4v) is 2.69. The van der Waals surface area contributed by atoms with E-state index < -0.39 is 5.97 Å². The number of aryl methyl sites for hydroxylation is 1. The number of thiophene rings is 1. The number of hydrogen-bond donors (Lipinski definition) is 2. The number of H-pyrrole nitrogens is 1. The van der Waals surface area contributed by atoms with Crippen LogP contribution in [0.3, 0.4) is 0 Å². The minimum absolute atomic E-state index is 0.273. The molecular formula is C14H16N2O3S. The first-order valence-electron chi connectivity index (χ1n) is 6.40. The second kappa shape index (κ2) is 6.38. The van der Waals surface area contributed by atoms with Crippen molar-refractivity contribution in [1.29, 1.82) is 0 Å². The molecule has 2 N–H and O–H groups in total. The van der Waals surface area contributed by atoms with Gasteiger partial charge in [0.2, 0.25) is 0 Å². The Balaban J connectivity index is 2.23. The third-order valence-corrected chi connectivity index (χ3v) is 3.89. The van der Waals surface area contributed by atoms with Crippen LogP contribution in [0.5, 0.6) is 0 Å². The van der Waals surface area contributed by atoms with E-state index in [1.54, 1.807) is 31.3 Å². The lowest BCUT2D eigenvalue weighted by molar-refractivity contribution is 0.0528. The minimum Gasteiger partial charge on any atom is -0.462 e. The largest absolute Gasteiger partial charge is 0.462 e. The summed E-state index contributed by atoms with van der Waals surface area (Å²) < 4.78 is 5.01. The van der Waals surface area contributed by atoms with Crippen molar-refractivity contribution >= 4 is 28.2 Å². The van der Waals surface area contributed by atoms with Crippen molar-refractivity contribution in [3.63, 3.8) is 0 Å². The lowest BCUT2D eigenvalue weighted by atomic mass is 10.2. The predicted molar refractivity (Wildman–Crippen MR) is 78.4 cm³/mol. The van der Waals surface area contributed by atoms with Crippen LogP contribution in [0.2, 0.25) is 0 Å². The average Bonchev–Trinajstić information content (AvgIpc) is 3.08. The third kappa shape index (κ3) is 3.08. The van der Waals surface area contributed by atoms with Crippen LogP contribution in [-0.4, -0.2) is 23.5 Å². The van der Waals surface area contributed by atoms with Gasteiger partial charge in [-0.15, -0.1) is 11.3 Å². The summed E-state index contributed by atoms with van der Waals surface area (Å²) >= 11 is 1.39. The number of ether oxygens (including phenoxy) is 1. The smallest absolute Gasteiger partial charge is 0.341 e. The molecule has 6 heteroatoms. The first-order chi connectivity index (χ1) is 9.65. The second-order valence-corrected chi connectivity index (χ2v) is 5.20. The lowest BCUT2D eigenvalue weighted by Gasteiger charge is -2.04. The summed E-state index contributed by atoms with van der Waals surface area (Å²) in [4.78, 5) is 27.8. The molecule has 2 rings (SSSR count). The van der Waals surface area contributed by atoms with E-state index >= 15 is 0 Å². The van der Waals surface area contributed by atoms with E-state index in [9.17, 15) is 9.59 Å². The Morgan fingerprint density at radius 3 is 2.80 bits per heavy atom. The number of nitrogens with one attached hydrogen (secondary N) is 2. The number of carbonyl (C=O) groups is 2. The molecule has 0 atom stereocenters. The minimum atomic E-state index is -0.412. The van der Waals surface area contributed by atoms with Crippen molar-refractivity contribution in [3.8, 4) is 0 Å². The summed E-state index contributed by atoms with van der Waals surface area (Å²) in [6.07, 6.45) is 2.47. The van der Waals surface area contributed by atoms with Crippen molar-refractivity contribution in [2.75, 3.05) is 11.9 Å². The van der Waals surface area contributed by atoms with Gasteiger partial charge in [0.25, 0.3) is 5.91 Å². The molecule has 0 fully saturated rings. The van der Waals surface area contributed by atoms with Crippen LogP contribution >= 0.6 is 11.3 Å². The zero-order chi connectivity index (χ0) is 14.5. The van der Waals surface area contributed by atoms with Gasteiger partial charge in [-0.3, -0.25) is 4.79 Å². The molecule has 0 aromatic carbocycles. The molecule has 5 nitrogen and oxygen atoms in total. The average molecular weight is 292 g/mol. The maximum atomic E-state index is 12.0. The van der Waals surface area contributed by atoms with Gasteiger partial charge in [-0.1, -0.05) is 6.92 Å². The molecule has 106 valence electrons. The van der Waals surface area contributed by atoms with E-state index in [0.29, 0.717) is 22.9 Å². The van der Waals surface area contributed by atoms with E-state index in [1.807, 2.05) is 6.92 Å². The van der Waals surface area contributed by atoms with E-state index in [4.69, 9.17) is 4.74 Å². The van der Waals surface area contributed by atoms with Gasteiger partial charge in [-0.2, -0.15) is 0 Å². The predicted octanol–water partition coefficient (Wildman–Crippen LogP) is 3.07. The Hall–Kier alpha value is -2.08. The lowest BCUT2D eigenvalue weighted by Crippen LogP contribution is -2.14. The summed E-state index contributed by atoms with van der Waals surface area (Å²) in [5, 5.41) is 3.28. The van der Waals surface area contributed by atoms with Gasteiger partial charge < -0.3 is 15.0 Å². The quantitative estimate of drug-likeness (QED) is 0.832. The summed E-state index contributed by atoms with van der Waals surface area (Å²) in [5.74, 6) is -0.685. The van der Waals surface area contributed by atoms with Crippen LogP contribution in [0.4, 0.5) is 5.00 Å². The molecule has 0 aliphatic heterocycles. The number of anilines is 1. The number of aromatic amines is 1. The molecule has 0 aliphatic carbocycles. The van der Waals surface area contributed by atoms with Gasteiger partial charge in [-0.05, 0) is 31.5 Å². The Morgan fingerprint density at radius 1 is 1.40 bits per heavy atom. The van der Waals surface area contributed by atoms with E-state index in [-0.39, 0.29) is 5.91 Å². The molecule has 2 aromatic rings. The highest BCUT2D eigenvalue weighted by Crippen LogP contribution is 2.29.